The molecule has 0 heterocycles. The van der Waals surface area contributed by atoms with E-state index < -0.39 is 26.5 Å². The molecule has 0 aliphatic carbocycles. The Hall–Kier alpha value is -1.25. The molecule has 0 fully saturated rings. The van der Waals surface area contributed by atoms with Gasteiger partial charge in [0.25, 0.3) is 0 Å². The van der Waals surface area contributed by atoms with E-state index in [1.165, 1.54) is 186 Å². The van der Waals surface area contributed by atoms with Crippen molar-refractivity contribution in [3.05, 3.63) is 12.2 Å². The predicted molar refractivity (Wildman–Crippen MR) is 257 cm³/mol. The summed E-state index contributed by atoms with van der Waals surface area (Å²) in [6, 6.07) is 0. The molecule has 0 aliphatic heterocycles. The minimum atomic E-state index is -4.37. The third-order valence-electron chi connectivity index (χ3n) is 11.5. The van der Waals surface area contributed by atoms with Crippen LogP contribution in [-0.2, 0) is 32.7 Å². The van der Waals surface area contributed by atoms with E-state index in [1.807, 2.05) is 21.1 Å². The van der Waals surface area contributed by atoms with Crippen molar-refractivity contribution < 1.29 is 42.1 Å². The van der Waals surface area contributed by atoms with Gasteiger partial charge in [-0.05, 0) is 38.5 Å². The molecule has 0 amide bonds. The number of hydrogen-bond acceptors (Lipinski definition) is 7. The summed E-state index contributed by atoms with van der Waals surface area (Å²) in [5, 5.41) is 0. The number of likely N-dealkylation sites (N-methyl/N-ethyl adjacent to an activating group) is 1. The lowest BCUT2D eigenvalue weighted by Gasteiger charge is -2.24. The van der Waals surface area contributed by atoms with Crippen LogP contribution in [-0.4, -0.2) is 74.9 Å². The first-order chi connectivity index (χ1) is 29.5. The fraction of sp³-hybridized carbons (Fsp3) is 0.922. The zero-order valence-corrected chi connectivity index (χ0v) is 41.8. The molecule has 0 radical (unpaired) electrons. The number of carbonyl (C=O) groups is 2. The van der Waals surface area contributed by atoms with E-state index in [4.69, 9.17) is 18.5 Å². The summed E-state index contributed by atoms with van der Waals surface area (Å²) in [6.45, 7) is 4.46. The number of esters is 2. The van der Waals surface area contributed by atoms with Crippen LogP contribution in [0.25, 0.3) is 0 Å². The Morgan fingerprint density at radius 1 is 0.492 bits per heavy atom. The van der Waals surface area contributed by atoms with Crippen molar-refractivity contribution in [2.24, 2.45) is 0 Å². The Balaban J connectivity index is 4.19. The molecule has 0 bridgehead atoms. The summed E-state index contributed by atoms with van der Waals surface area (Å²) in [6.07, 6.45) is 48.3. The molecule has 1 N–H and O–H groups in total. The van der Waals surface area contributed by atoms with Gasteiger partial charge in [-0.25, -0.2) is 4.57 Å². The van der Waals surface area contributed by atoms with E-state index in [2.05, 4.69) is 26.0 Å². The summed E-state index contributed by atoms with van der Waals surface area (Å²) >= 11 is 0. The third kappa shape index (κ3) is 48.1. The van der Waals surface area contributed by atoms with Crippen molar-refractivity contribution in [3.8, 4) is 0 Å². The van der Waals surface area contributed by atoms with Crippen molar-refractivity contribution in [1.82, 2.24) is 0 Å². The van der Waals surface area contributed by atoms with E-state index in [1.54, 1.807) is 0 Å². The average molecular weight is 887 g/mol. The maximum atomic E-state index is 12.8. The van der Waals surface area contributed by atoms with Crippen LogP contribution in [0.4, 0.5) is 0 Å². The van der Waals surface area contributed by atoms with Gasteiger partial charge < -0.3 is 18.9 Å². The van der Waals surface area contributed by atoms with Gasteiger partial charge in [0.05, 0.1) is 27.7 Å². The maximum absolute atomic E-state index is 12.8. The zero-order chi connectivity index (χ0) is 45.0. The summed E-state index contributed by atoms with van der Waals surface area (Å²) in [7, 11) is 1.49. The second-order valence-electron chi connectivity index (χ2n) is 18.9. The molecule has 0 rings (SSSR count). The number of allylic oxidation sites excluding steroid dienone is 2. The molecule has 0 saturated heterocycles. The number of ether oxygens (including phenoxy) is 2. The predicted octanol–water partition coefficient (Wildman–Crippen LogP) is 15.3. The van der Waals surface area contributed by atoms with Gasteiger partial charge in [0.1, 0.15) is 19.8 Å². The van der Waals surface area contributed by atoms with Crippen LogP contribution >= 0.6 is 7.82 Å². The highest BCUT2D eigenvalue weighted by Gasteiger charge is 2.27. The molecule has 0 spiro atoms. The average Bonchev–Trinajstić information content (AvgIpc) is 3.21. The van der Waals surface area contributed by atoms with Crippen LogP contribution in [0.3, 0.4) is 0 Å². The number of phosphoric ester groups is 1. The molecular weight excluding hydrogens is 786 g/mol. The number of carbonyl (C=O) groups excluding carboxylic acids is 2. The van der Waals surface area contributed by atoms with Gasteiger partial charge in [0.15, 0.2) is 6.10 Å². The lowest BCUT2D eigenvalue weighted by molar-refractivity contribution is -0.870. The fourth-order valence-electron chi connectivity index (χ4n) is 7.48. The number of rotatable bonds is 48. The molecule has 0 aliphatic rings. The number of hydrogen-bond donors (Lipinski definition) is 1. The Morgan fingerprint density at radius 3 is 1.23 bits per heavy atom. The molecule has 1 unspecified atom stereocenters. The van der Waals surface area contributed by atoms with Gasteiger partial charge in [-0.2, -0.15) is 0 Å². The lowest BCUT2D eigenvalue weighted by Crippen LogP contribution is -2.37. The number of phosphoric acid groups is 1. The molecule has 0 aromatic carbocycles. The van der Waals surface area contributed by atoms with Gasteiger partial charge in [-0.15, -0.1) is 0 Å². The molecule has 2 atom stereocenters. The van der Waals surface area contributed by atoms with Gasteiger partial charge >= 0.3 is 19.8 Å². The molecule has 9 nitrogen and oxygen atoms in total. The van der Waals surface area contributed by atoms with E-state index in [0.29, 0.717) is 17.4 Å². The number of unbranched alkanes of at least 4 members (excludes halogenated alkanes) is 32. The molecule has 61 heavy (non-hydrogen) atoms. The second kappa shape index (κ2) is 44.0. The summed E-state index contributed by atoms with van der Waals surface area (Å²) in [5.41, 5.74) is 0. The van der Waals surface area contributed by atoms with E-state index in [9.17, 15) is 19.0 Å². The van der Waals surface area contributed by atoms with Gasteiger partial charge in [0, 0.05) is 12.8 Å². The van der Waals surface area contributed by atoms with Crippen LogP contribution in [0.5, 0.6) is 0 Å². The largest absolute Gasteiger partial charge is 0.472 e. The van der Waals surface area contributed by atoms with Crippen molar-refractivity contribution in [2.75, 3.05) is 47.5 Å². The van der Waals surface area contributed by atoms with Crippen molar-refractivity contribution in [2.45, 2.75) is 258 Å². The normalized spacial score (nSPS) is 13.5. The first-order valence-corrected chi connectivity index (χ1v) is 27.4. The van der Waals surface area contributed by atoms with Gasteiger partial charge in [-0.3, -0.25) is 18.6 Å². The molecule has 10 heteroatoms. The highest BCUT2D eigenvalue weighted by Crippen LogP contribution is 2.43. The molecule has 0 aromatic rings. The highest BCUT2D eigenvalue weighted by molar-refractivity contribution is 7.47. The van der Waals surface area contributed by atoms with Gasteiger partial charge in [-0.1, -0.05) is 212 Å². The Bertz CT molecular complexity index is 1050. The molecule has 0 saturated carbocycles. The number of nitrogens with zero attached hydrogens (tertiary/aromatic N) is 1. The highest BCUT2D eigenvalue weighted by atomic mass is 31.2. The van der Waals surface area contributed by atoms with Crippen LogP contribution in [0.15, 0.2) is 12.2 Å². The van der Waals surface area contributed by atoms with Crippen LogP contribution in [0, 0.1) is 0 Å². The molecule has 362 valence electrons. The minimum absolute atomic E-state index is 0.0345. The quantitative estimate of drug-likeness (QED) is 0.0212. The fourth-order valence-corrected chi connectivity index (χ4v) is 8.22. The van der Waals surface area contributed by atoms with Crippen LogP contribution in [0.1, 0.15) is 251 Å². The minimum Gasteiger partial charge on any atom is -0.462 e. The summed E-state index contributed by atoms with van der Waals surface area (Å²) in [4.78, 5) is 35.5. The van der Waals surface area contributed by atoms with E-state index in [0.717, 1.165) is 32.1 Å². The van der Waals surface area contributed by atoms with E-state index in [-0.39, 0.29) is 32.0 Å². The van der Waals surface area contributed by atoms with Crippen molar-refractivity contribution in [1.29, 1.82) is 0 Å². The van der Waals surface area contributed by atoms with Crippen LogP contribution < -0.4 is 0 Å². The van der Waals surface area contributed by atoms with Crippen molar-refractivity contribution >= 4 is 19.8 Å². The van der Waals surface area contributed by atoms with Crippen molar-refractivity contribution in [3.63, 3.8) is 0 Å². The Morgan fingerprint density at radius 2 is 0.836 bits per heavy atom. The standard InChI is InChI=1S/C51H100NO8P/c1-6-8-10-12-14-16-18-20-22-23-24-25-26-27-28-30-32-34-36-38-40-42-44-51(54)60-49(48-59-61(55,56)58-46-45-52(3,4)5)47-57-50(53)43-41-39-37-35-33-31-29-21-19-17-15-13-11-9-7-2/h17,19,49H,6-16,18,20-48H2,1-5H3/p+1/b19-17+/t49-/m1/s1. The first kappa shape index (κ1) is 59.8. The van der Waals surface area contributed by atoms with Crippen LogP contribution in [0.2, 0.25) is 0 Å². The third-order valence-corrected chi connectivity index (χ3v) is 12.5. The molecule has 0 aromatic heterocycles. The first-order valence-electron chi connectivity index (χ1n) is 25.9. The second-order valence-corrected chi connectivity index (χ2v) is 20.4. The molecular formula is C51H101NO8P+. The maximum Gasteiger partial charge on any atom is 0.472 e. The topological polar surface area (TPSA) is 108 Å². The van der Waals surface area contributed by atoms with Gasteiger partial charge in [0.2, 0.25) is 0 Å². The number of quaternary nitrogens is 1. The summed E-state index contributed by atoms with van der Waals surface area (Å²) < 4.78 is 34.5. The smallest absolute Gasteiger partial charge is 0.462 e. The monoisotopic (exact) mass is 887 g/mol. The van der Waals surface area contributed by atoms with E-state index >= 15 is 0 Å². The Kier molecular flexibility index (Phi) is 43.1. The zero-order valence-electron chi connectivity index (χ0n) is 40.9. The Labute approximate surface area is 377 Å². The summed E-state index contributed by atoms with van der Waals surface area (Å²) in [5.74, 6) is -0.788. The lowest BCUT2D eigenvalue weighted by atomic mass is 10.0. The SMILES string of the molecule is CCCCCC/C=C/CCCCCCCCCC(=O)OC[C@H](COP(=O)(O)OCC[N+](C)(C)C)OC(=O)CCCCCCCCCCCCCCCCCCCCCCCC.